The fourth-order valence-corrected chi connectivity index (χ4v) is 7.38. The maximum Gasteiger partial charge on any atom is 0.332 e. The number of alkyl halides is 2. The summed E-state index contributed by atoms with van der Waals surface area (Å²) < 4.78 is 39.5. The summed E-state index contributed by atoms with van der Waals surface area (Å²) in [5.74, 6) is 2.06. The lowest BCUT2D eigenvalue weighted by Gasteiger charge is -2.20. The second-order valence-corrected chi connectivity index (χ2v) is 13.6. The van der Waals surface area contributed by atoms with Crippen molar-refractivity contribution in [3.63, 3.8) is 0 Å². The Morgan fingerprint density at radius 1 is 0.981 bits per heavy atom. The van der Waals surface area contributed by atoms with Crippen LogP contribution in [0.1, 0.15) is 37.2 Å². The summed E-state index contributed by atoms with van der Waals surface area (Å²) in [5, 5.41) is 3.46. The summed E-state index contributed by atoms with van der Waals surface area (Å²) in [4.78, 5) is 50.0. The van der Waals surface area contributed by atoms with Crippen molar-refractivity contribution in [3.05, 3.63) is 91.3 Å². The van der Waals surface area contributed by atoms with Gasteiger partial charge in [0.2, 0.25) is 5.88 Å². The van der Waals surface area contributed by atoms with Crippen molar-refractivity contribution >= 4 is 40.6 Å². The fraction of sp³-hybridized carbons (Fsp3) is 0.368. The van der Waals surface area contributed by atoms with Gasteiger partial charge in [-0.3, -0.25) is 23.6 Å². The smallest absolute Gasteiger partial charge is 0.332 e. The molecule has 1 saturated heterocycles. The minimum absolute atomic E-state index is 0.0895. The van der Waals surface area contributed by atoms with Crippen molar-refractivity contribution in [2.24, 2.45) is 31.8 Å². The molecule has 0 amide bonds. The number of nitrogens with one attached hydrogen (secondary N) is 1. The molecule has 2 fully saturated rings. The molecule has 1 N–H and O–H groups in total. The van der Waals surface area contributed by atoms with E-state index < -0.39 is 23.5 Å². The third kappa shape index (κ3) is 7.25. The molecule has 0 spiro atoms. The summed E-state index contributed by atoms with van der Waals surface area (Å²) >= 11 is 7.08. The minimum atomic E-state index is -3.03. The average molecular weight is 748 g/mol. The van der Waals surface area contributed by atoms with Gasteiger partial charge in [0.1, 0.15) is 11.2 Å². The number of aryl methyl sites for hydroxylation is 1. The number of anilines is 2. The Balaban J connectivity index is 0.000000902. The second-order valence-electron chi connectivity index (χ2n) is 13.2. The van der Waals surface area contributed by atoms with E-state index in [-0.39, 0.29) is 16.9 Å². The van der Waals surface area contributed by atoms with Crippen LogP contribution in [0.25, 0.3) is 33.4 Å². The van der Waals surface area contributed by atoms with Gasteiger partial charge in [0.15, 0.2) is 11.5 Å². The Morgan fingerprint density at radius 2 is 1.66 bits per heavy atom. The van der Waals surface area contributed by atoms with Gasteiger partial charge < -0.3 is 14.8 Å². The summed E-state index contributed by atoms with van der Waals surface area (Å²) in [6.45, 7) is 9.84. The Bertz CT molecular complexity index is 2300. The highest BCUT2D eigenvalue weighted by atomic mass is 35.5. The molecule has 278 valence electrons. The van der Waals surface area contributed by atoms with Crippen LogP contribution in [0.3, 0.4) is 0 Å². The first-order valence-corrected chi connectivity index (χ1v) is 17.5. The predicted octanol–water partition coefficient (Wildman–Crippen LogP) is 6.28. The first-order chi connectivity index (χ1) is 25.4. The standard InChI is InChI=1S/C35H34ClF2N7O3.C3H6O2/c1-17-23-15-45(16-24(17)23)14-19-12-13-26(40-33(19)48-5)22-10-6-9-21(28(22)36)20-8-7-11-25(18(20)2)39-30-27-32(42-31(41-30)29(37)38)43(3)35(47)44(4)34(27)46;1-2-5-3-4/h6-13,17,23-24,29H,14-16H2,1-5H3,(H,39,41,42);3H,2H2,1H3. The third-order valence-corrected chi connectivity index (χ3v) is 10.5. The van der Waals surface area contributed by atoms with Gasteiger partial charge in [-0.25, -0.2) is 28.5 Å². The van der Waals surface area contributed by atoms with Crippen molar-refractivity contribution in [2.75, 3.05) is 32.1 Å². The molecule has 15 heteroatoms. The van der Waals surface area contributed by atoms with Crippen LogP contribution in [-0.4, -0.2) is 62.3 Å². The van der Waals surface area contributed by atoms with Crippen LogP contribution in [0.4, 0.5) is 20.3 Å². The van der Waals surface area contributed by atoms with Crippen LogP contribution in [0.15, 0.2) is 58.1 Å². The highest BCUT2D eigenvalue weighted by molar-refractivity contribution is 6.36. The maximum atomic E-state index is 13.8. The molecular formula is C38H40ClF2N7O5. The van der Waals surface area contributed by atoms with Crippen LogP contribution in [0.2, 0.25) is 5.02 Å². The number of hydrogen-bond acceptors (Lipinski definition) is 10. The number of halogens is 3. The lowest BCUT2D eigenvalue weighted by atomic mass is 9.96. The summed E-state index contributed by atoms with van der Waals surface area (Å²) in [7, 11) is 4.30. The molecule has 53 heavy (non-hydrogen) atoms. The van der Waals surface area contributed by atoms with E-state index in [9.17, 15) is 23.2 Å². The quantitative estimate of drug-likeness (QED) is 0.163. The largest absolute Gasteiger partial charge is 0.481 e. The van der Waals surface area contributed by atoms with Crippen molar-refractivity contribution in [2.45, 2.75) is 33.7 Å². The van der Waals surface area contributed by atoms with E-state index in [0.29, 0.717) is 35.4 Å². The van der Waals surface area contributed by atoms with Gasteiger partial charge >= 0.3 is 5.69 Å². The van der Waals surface area contributed by atoms with Crippen molar-refractivity contribution < 1.29 is 23.0 Å². The van der Waals surface area contributed by atoms with Gasteiger partial charge in [-0.2, -0.15) is 0 Å². The van der Waals surface area contributed by atoms with E-state index in [2.05, 4.69) is 31.8 Å². The first-order valence-electron chi connectivity index (χ1n) is 17.1. The zero-order valence-electron chi connectivity index (χ0n) is 30.2. The van der Waals surface area contributed by atoms with Crippen molar-refractivity contribution in [1.82, 2.24) is 29.0 Å². The lowest BCUT2D eigenvalue weighted by molar-refractivity contribution is -0.128. The number of hydrogen-bond donors (Lipinski definition) is 1. The van der Waals surface area contributed by atoms with Gasteiger partial charge in [-0.1, -0.05) is 54.9 Å². The Morgan fingerprint density at radius 3 is 2.30 bits per heavy atom. The van der Waals surface area contributed by atoms with E-state index in [1.165, 1.54) is 14.1 Å². The van der Waals surface area contributed by atoms with Crippen LogP contribution in [-0.2, 0) is 30.2 Å². The number of likely N-dealkylation sites (tertiary alicyclic amines) is 1. The molecule has 0 radical (unpaired) electrons. The summed E-state index contributed by atoms with van der Waals surface area (Å²) in [6.07, 6.45) is -3.03. The number of rotatable bonds is 10. The van der Waals surface area contributed by atoms with E-state index >= 15 is 0 Å². The van der Waals surface area contributed by atoms with Gasteiger partial charge in [-0.05, 0) is 54.9 Å². The van der Waals surface area contributed by atoms with Crippen molar-refractivity contribution in [3.8, 4) is 28.3 Å². The molecule has 5 aromatic rings. The monoisotopic (exact) mass is 747 g/mol. The third-order valence-electron chi connectivity index (χ3n) is 10.1. The SMILES string of the molecule is CCOC=O.COc1nc(-c2cccc(-c3cccc(Nc4nc(C(F)F)nc5c4c(=O)n(C)c(=O)n5C)c3C)c2Cl)ccc1CN1CC2C(C)C2C1. The number of nitrogens with zero attached hydrogens (tertiary/aromatic N) is 6. The Hall–Kier alpha value is -5.21. The summed E-state index contributed by atoms with van der Waals surface area (Å²) in [6, 6.07) is 15.1. The molecule has 3 aromatic heterocycles. The number of pyridine rings is 1. The highest BCUT2D eigenvalue weighted by Gasteiger charge is 2.52. The second kappa shape index (κ2) is 15.4. The van der Waals surface area contributed by atoms with Crippen LogP contribution < -0.4 is 21.3 Å². The molecule has 2 aliphatic rings. The average Bonchev–Trinajstić information content (AvgIpc) is 3.52. The number of piperidine rings is 1. The van der Waals surface area contributed by atoms with Crippen LogP contribution in [0.5, 0.6) is 5.88 Å². The summed E-state index contributed by atoms with van der Waals surface area (Å²) in [5.41, 5.74) is 3.55. The van der Waals surface area contributed by atoms with Gasteiger partial charge in [0.05, 0.1) is 24.4 Å². The zero-order valence-corrected chi connectivity index (χ0v) is 30.9. The first kappa shape index (κ1) is 37.5. The topological polar surface area (TPSA) is 133 Å². The van der Waals surface area contributed by atoms with Crippen LogP contribution in [0, 0.1) is 24.7 Å². The number of carbonyl (C=O) groups excluding carboxylic acids is 1. The Kier molecular flexibility index (Phi) is 10.9. The molecule has 7 rings (SSSR count). The molecule has 4 heterocycles. The normalized spacial score (nSPS) is 17.7. The molecule has 2 atom stereocenters. The fourth-order valence-electron chi connectivity index (χ4n) is 7.06. The number of fused-ring (bicyclic) bond motifs is 2. The number of ether oxygens (including phenoxy) is 2. The molecule has 1 aliphatic carbocycles. The van der Waals surface area contributed by atoms with E-state index in [0.717, 1.165) is 74.3 Å². The van der Waals surface area contributed by atoms with Crippen LogP contribution >= 0.6 is 11.6 Å². The molecule has 2 aromatic carbocycles. The van der Waals surface area contributed by atoms with Gasteiger partial charge in [-0.15, -0.1) is 0 Å². The van der Waals surface area contributed by atoms with Gasteiger partial charge in [0, 0.05) is 56.1 Å². The molecule has 1 aliphatic heterocycles. The molecule has 2 unspecified atom stereocenters. The number of benzene rings is 2. The molecular weight excluding hydrogens is 708 g/mol. The number of carbonyl (C=O) groups is 1. The maximum absolute atomic E-state index is 13.8. The lowest BCUT2D eigenvalue weighted by Crippen LogP contribution is -2.38. The number of methoxy groups -OCH3 is 1. The van der Waals surface area contributed by atoms with E-state index in [1.807, 2.05) is 43.3 Å². The predicted molar refractivity (Wildman–Crippen MR) is 199 cm³/mol. The molecule has 0 bridgehead atoms. The molecule has 12 nitrogen and oxygen atoms in total. The highest BCUT2D eigenvalue weighted by Crippen LogP contribution is 2.51. The zero-order chi connectivity index (χ0) is 38.1. The molecule has 1 saturated carbocycles. The minimum Gasteiger partial charge on any atom is -0.481 e. The number of aromatic nitrogens is 5. The van der Waals surface area contributed by atoms with Gasteiger partial charge in [0.25, 0.3) is 18.5 Å². The van der Waals surface area contributed by atoms with E-state index in [4.69, 9.17) is 21.3 Å². The Labute approximate surface area is 309 Å². The van der Waals surface area contributed by atoms with Crippen molar-refractivity contribution in [1.29, 1.82) is 0 Å². The van der Waals surface area contributed by atoms with E-state index in [1.54, 1.807) is 26.2 Å².